The predicted octanol–water partition coefficient (Wildman–Crippen LogP) is 20.1. The Kier molecular flexibility index (Phi) is 59.5. The van der Waals surface area contributed by atoms with E-state index in [1.165, 1.54) is 257 Å². The van der Waals surface area contributed by atoms with Crippen LogP contribution >= 0.6 is 0 Å². The topological polar surface area (TPSA) is 95.9 Å². The Morgan fingerprint density at radius 3 is 1.12 bits per heavy atom. The molecule has 0 aliphatic carbocycles. The second kappa shape index (κ2) is 61.4. The summed E-state index contributed by atoms with van der Waals surface area (Å²) in [7, 11) is 0. The van der Waals surface area contributed by atoms with E-state index in [0.29, 0.717) is 19.4 Å². The number of carbonyl (C=O) groups excluding carboxylic acids is 2. The van der Waals surface area contributed by atoms with Crippen molar-refractivity contribution in [2.45, 2.75) is 347 Å². The maximum atomic E-state index is 12.4. The molecule has 422 valence electrons. The van der Waals surface area contributed by atoms with Gasteiger partial charge in [-0.25, -0.2) is 0 Å². The van der Waals surface area contributed by atoms with Gasteiger partial charge in [-0.2, -0.15) is 0 Å². The molecule has 0 aromatic rings. The van der Waals surface area contributed by atoms with Gasteiger partial charge >= 0.3 is 5.97 Å². The average Bonchev–Trinajstić information content (AvgIpc) is 3.38. The third-order valence-corrected chi connectivity index (χ3v) is 14.5. The minimum Gasteiger partial charge on any atom is -0.466 e. The van der Waals surface area contributed by atoms with Gasteiger partial charge in [-0.05, 0) is 83.5 Å². The summed E-state index contributed by atoms with van der Waals surface area (Å²) in [4.78, 5) is 24.4. The summed E-state index contributed by atoms with van der Waals surface area (Å²) in [5.41, 5.74) is 0. The zero-order valence-corrected chi connectivity index (χ0v) is 48.2. The van der Waals surface area contributed by atoms with Crippen LogP contribution in [0.25, 0.3) is 0 Å². The Balaban J connectivity index is 3.36. The Labute approximate surface area is 448 Å². The van der Waals surface area contributed by atoms with Crippen LogP contribution in [-0.2, 0) is 14.3 Å². The Morgan fingerprint density at radius 2 is 0.722 bits per heavy atom. The Morgan fingerprint density at radius 1 is 0.389 bits per heavy atom. The summed E-state index contributed by atoms with van der Waals surface area (Å²) in [5.74, 6) is -0.0652. The predicted molar refractivity (Wildman–Crippen MR) is 315 cm³/mol. The Hall–Kier alpha value is -2.18. The first-order valence-corrected chi connectivity index (χ1v) is 31.9. The van der Waals surface area contributed by atoms with Crippen LogP contribution in [0.5, 0.6) is 0 Å². The number of unbranched alkanes of at least 4 members (excludes halogenated alkanes) is 42. The number of nitrogens with one attached hydrogen (secondary N) is 1. The normalized spacial score (nSPS) is 12.9. The van der Waals surface area contributed by atoms with Crippen LogP contribution in [-0.4, -0.2) is 47.4 Å². The summed E-state index contributed by atoms with van der Waals surface area (Å²) in [6, 6.07) is -0.625. The molecule has 0 aromatic heterocycles. The van der Waals surface area contributed by atoms with Crippen LogP contribution in [0.1, 0.15) is 335 Å². The summed E-state index contributed by atoms with van der Waals surface area (Å²) < 4.78 is 5.47. The van der Waals surface area contributed by atoms with Crippen LogP contribution in [0.15, 0.2) is 48.6 Å². The van der Waals surface area contributed by atoms with Gasteiger partial charge in [-0.15, -0.1) is 0 Å². The van der Waals surface area contributed by atoms with Crippen LogP contribution in [0.3, 0.4) is 0 Å². The largest absolute Gasteiger partial charge is 0.466 e. The second-order valence-corrected chi connectivity index (χ2v) is 21.7. The number of hydrogen-bond donors (Lipinski definition) is 3. The van der Waals surface area contributed by atoms with Crippen LogP contribution in [0.4, 0.5) is 0 Å². The minimum atomic E-state index is -0.842. The molecule has 1 amide bonds. The molecule has 0 rings (SSSR count). The number of carbonyl (C=O) groups is 2. The third-order valence-electron chi connectivity index (χ3n) is 14.5. The summed E-state index contributed by atoms with van der Waals surface area (Å²) in [5, 5.41) is 23.0. The molecule has 0 fully saturated rings. The van der Waals surface area contributed by atoms with Gasteiger partial charge in [0.2, 0.25) is 5.91 Å². The number of amides is 1. The first-order chi connectivity index (χ1) is 35.5. The van der Waals surface area contributed by atoms with E-state index >= 15 is 0 Å². The van der Waals surface area contributed by atoms with Crippen molar-refractivity contribution in [2.75, 3.05) is 13.2 Å². The van der Waals surface area contributed by atoms with Crippen molar-refractivity contribution in [3.8, 4) is 0 Å². The van der Waals surface area contributed by atoms with Gasteiger partial charge in [0.25, 0.3) is 0 Å². The number of aliphatic hydroxyl groups excluding tert-OH is 2. The molecule has 0 heterocycles. The summed E-state index contributed by atoms with van der Waals surface area (Å²) in [6.07, 6.45) is 78.9. The molecule has 0 aliphatic rings. The van der Waals surface area contributed by atoms with E-state index in [4.69, 9.17) is 4.74 Å². The van der Waals surface area contributed by atoms with Gasteiger partial charge in [0.05, 0.1) is 25.4 Å². The molecular formula is C66H123NO5. The van der Waals surface area contributed by atoms with Crippen molar-refractivity contribution in [1.29, 1.82) is 0 Å². The highest BCUT2D eigenvalue weighted by Gasteiger charge is 2.18. The SMILES string of the molecule is CCC/C=C\C/C=C\CCCCCCCC(=O)OCCCCCCCCCCCCCC/C=C\CCCCCCCCCCCCCCCCCC(=O)NC(CO)C(O)/C=C/CCCCCCCCCCC. The quantitative estimate of drug-likeness (QED) is 0.0320. The molecule has 6 nitrogen and oxygen atoms in total. The molecule has 0 spiro atoms. The lowest BCUT2D eigenvalue weighted by molar-refractivity contribution is -0.143. The molecule has 0 aromatic carbocycles. The van der Waals surface area contributed by atoms with Gasteiger partial charge in [0.1, 0.15) is 0 Å². The monoisotopic (exact) mass is 1010 g/mol. The van der Waals surface area contributed by atoms with Gasteiger partial charge in [-0.1, -0.05) is 287 Å². The maximum Gasteiger partial charge on any atom is 0.305 e. The first-order valence-electron chi connectivity index (χ1n) is 31.9. The number of rotatable bonds is 59. The van der Waals surface area contributed by atoms with Gasteiger partial charge < -0.3 is 20.3 Å². The Bertz CT molecular complexity index is 1210. The van der Waals surface area contributed by atoms with Gasteiger partial charge in [0, 0.05) is 12.8 Å². The number of aliphatic hydroxyl groups is 2. The number of ether oxygens (including phenoxy) is 1. The van der Waals surface area contributed by atoms with E-state index < -0.39 is 12.1 Å². The minimum absolute atomic E-state index is 0.00158. The van der Waals surface area contributed by atoms with E-state index in [0.717, 1.165) is 51.4 Å². The highest BCUT2D eigenvalue weighted by Crippen LogP contribution is 2.17. The molecule has 0 saturated carbocycles. The van der Waals surface area contributed by atoms with Gasteiger partial charge in [0.15, 0.2) is 0 Å². The molecule has 2 unspecified atom stereocenters. The zero-order valence-electron chi connectivity index (χ0n) is 48.2. The van der Waals surface area contributed by atoms with E-state index in [2.05, 4.69) is 55.6 Å². The molecule has 6 heteroatoms. The second-order valence-electron chi connectivity index (χ2n) is 21.7. The fraction of sp³-hybridized carbons (Fsp3) is 0.848. The molecular weight excluding hydrogens is 887 g/mol. The van der Waals surface area contributed by atoms with E-state index in [1.54, 1.807) is 6.08 Å². The van der Waals surface area contributed by atoms with Crippen molar-refractivity contribution in [3.63, 3.8) is 0 Å². The van der Waals surface area contributed by atoms with Crippen LogP contribution < -0.4 is 5.32 Å². The molecule has 0 saturated heterocycles. The van der Waals surface area contributed by atoms with Crippen molar-refractivity contribution >= 4 is 11.9 Å². The standard InChI is InChI=1S/C66H123NO5/c1-3-5-7-9-11-13-15-35-40-44-48-52-56-60-66(71)72-61-57-53-49-45-41-37-34-32-30-28-26-24-22-20-18-16-17-19-21-23-25-27-29-31-33-36-39-43-47-51-55-59-65(70)67-63(62-68)64(69)58-54-50-46-42-38-14-12-10-8-6-4-2/h7,9,13,15,18,20,54,58,63-64,68-69H,3-6,8,10-12,14,16-17,19,21-53,55-57,59-62H2,1-2H3,(H,67,70)/b9-7-,15-13-,20-18-,58-54+. The summed E-state index contributed by atoms with van der Waals surface area (Å²) in [6.45, 7) is 4.83. The number of hydrogen-bond acceptors (Lipinski definition) is 5. The first kappa shape index (κ1) is 69.8. The van der Waals surface area contributed by atoms with Crippen molar-refractivity contribution in [1.82, 2.24) is 5.32 Å². The van der Waals surface area contributed by atoms with E-state index in [1.807, 2.05) is 6.08 Å². The van der Waals surface area contributed by atoms with Crippen molar-refractivity contribution in [2.24, 2.45) is 0 Å². The number of allylic oxidation sites excluding steroid dienone is 7. The smallest absolute Gasteiger partial charge is 0.305 e. The lowest BCUT2D eigenvalue weighted by atomic mass is 10.0. The van der Waals surface area contributed by atoms with Crippen molar-refractivity contribution < 1.29 is 24.5 Å². The molecule has 2 atom stereocenters. The average molecular weight is 1010 g/mol. The van der Waals surface area contributed by atoms with E-state index in [9.17, 15) is 19.8 Å². The van der Waals surface area contributed by atoms with Gasteiger partial charge in [-0.3, -0.25) is 9.59 Å². The highest BCUT2D eigenvalue weighted by atomic mass is 16.5. The third kappa shape index (κ3) is 57.1. The fourth-order valence-electron chi connectivity index (χ4n) is 9.67. The van der Waals surface area contributed by atoms with Crippen LogP contribution in [0, 0.1) is 0 Å². The molecule has 0 bridgehead atoms. The number of esters is 1. The fourth-order valence-corrected chi connectivity index (χ4v) is 9.67. The lowest BCUT2D eigenvalue weighted by Crippen LogP contribution is -2.45. The maximum absolute atomic E-state index is 12.4. The van der Waals surface area contributed by atoms with Crippen LogP contribution in [0.2, 0.25) is 0 Å². The molecule has 3 N–H and O–H groups in total. The molecule has 0 aliphatic heterocycles. The van der Waals surface area contributed by atoms with E-state index in [-0.39, 0.29) is 18.5 Å². The van der Waals surface area contributed by atoms with Crippen molar-refractivity contribution in [3.05, 3.63) is 48.6 Å². The highest BCUT2D eigenvalue weighted by molar-refractivity contribution is 5.76. The molecule has 0 radical (unpaired) electrons. The zero-order chi connectivity index (χ0) is 52.2. The molecule has 72 heavy (non-hydrogen) atoms. The summed E-state index contributed by atoms with van der Waals surface area (Å²) >= 11 is 0. The lowest BCUT2D eigenvalue weighted by Gasteiger charge is -2.20.